The van der Waals surface area contributed by atoms with Gasteiger partial charge in [-0.25, -0.2) is 19.8 Å². The second-order valence-corrected chi connectivity index (χ2v) is 8.04. The molecule has 11 heteroatoms. The van der Waals surface area contributed by atoms with E-state index in [-0.39, 0.29) is 23.8 Å². The first kappa shape index (κ1) is 27.5. The Kier molecular flexibility index (Phi) is 10.9. The fourth-order valence-corrected chi connectivity index (χ4v) is 3.39. The summed E-state index contributed by atoms with van der Waals surface area (Å²) in [6, 6.07) is 10.7. The SMILES string of the molecule is CCOC(=O)c1cc(NC(=O)NCCCCN(C)Cc2ccc(F)cc2)cc(/C(=N/N)N(C)N)c1. The minimum absolute atomic E-state index is 0.208. The van der Waals surface area contributed by atoms with Gasteiger partial charge >= 0.3 is 12.0 Å². The van der Waals surface area contributed by atoms with Crippen LogP contribution in [0, 0.1) is 5.82 Å². The zero-order valence-corrected chi connectivity index (χ0v) is 20.4. The maximum atomic E-state index is 13.0. The number of esters is 1. The molecule has 0 aliphatic carbocycles. The molecule has 0 radical (unpaired) electrons. The number of urea groups is 1. The molecule has 2 amide bonds. The van der Waals surface area contributed by atoms with Gasteiger partial charge < -0.3 is 26.1 Å². The van der Waals surface area contributed by atoms with Gasteiger partial charge in [-0.15, -0.1) is 0 Å². The largest absolute Gasteiger partial charge is 0.462 e. The van der Waals surface area contributed by atoms with E-state index in [9.17, 15) is 14.0 Å². The van der Waals surface area contributed by atoms with Crippen LogP contribution in [-0.4, -0.2) is 61.5 Å². The number of benzene rings is 2. The van der Waals surface area contributed by atoms with Crippen LogP contribution >= 0.6 is 0 Å². The third-order valence-corrected chi connectivity index (χ3v) is 5.03. The molecule has 0 saturated heterocycles. The number of rotatable bonds is 11. The van der Waals surface area contributed by atoms with Gasteiger partial charge in [0.15, 0.2) is 5.84 Å². The summed E-state index contributed by atoms with van der Waals surface area (Å²) < 4.78 is 18.1. The number of carbonyl (C=O) groups is 2. The molecule has 10 nitrogen and oxygen atoms in total. The van der Waals surface area contributed by atoms with Gasteiger partial charge in [-0.1, -0.05) is 12.1 Å². The molecule has 0 bridgehead atoms. The lowest BCUT2D eigenvalue weighted by Crippen LogP contribution is -2.35. The number of hydrogen-bond donors (Lipinski definition) is 4. The molecule has 6 N–H and O–H groups in total. The first-order valence-corrected chi connectivity index (χ1v) is 11.3. The number of nitrogens with zero attached hydrogens (tertiary/aromatic N) is 3. The molecule has 2 rings (SSSR count). The third-order valence-electron chi connectivity index (χ3n) is 5.03. The van der Waals surface area contributed by atoms with Crippen LogP contribution in [0.25, 0.3) is 0 Å². The normalized spacial score (nSPS) is 11.3. The molecule has 0 aliphatic heterocycles. The highest BCUT2D eigenvalue weighted by Crippen LogP contribution is 2.18. The number of unbranched alkanes of at least 4 members (excludes halogenated alkanes) is 1. The molecular formula is C24H34FN7O3. The molecule has 0 heterocycles. The van der Waals surface area contributed by atoms with E-state index in [1.165, 1.54) is 23.2 Å². The van der Waals surface area contributed by atoms with E-state index in [0.29, 0.717) is 17.8 Å². The third kappa shape index (κ3) is 9.22. The highest BCUT2D eigenvalue weighted by Gasteiger charge is 2.15. The number of carbonyl (C=O) groups excluding carboxylic acids is 2. The molecule has 0 saturated carbocycles. The Bertz CT molecular complexity index is 1010. The molecule has 0 atom stereocenters. The van der Waals surface area contributed by atoms with Crippen LogP contribution in [0.3, 0.4) is 0 Å². The lowest BCUT2D eigenvalue weighted by atomic mass is 10.1. The minimum Gasteiger partial charge on any atom is -0.462 e. The highest BCUT2D eigenvalue weighted by molar-refractivity contribution is 6.03. The van der Waals surface area contributed by atoms with Gasteiger partial charge in [0.1, 0.15) is 5.82 Å². The number of hydrogen-bond acceptors (Lipinski definition) is 7. The topological polar surface area (TPSA) is 138 Å². The van der Waals surface area contributed by atoms with E-state index >= 15 is 0 Å². The Morgan fingerprint density at radius 3 is 2.40 bits per heavy atom. The Morgan fingerprint density at radius 2 is 1.77 bits per heavy atom. The summed E-state index contributed by atoms with van der Waals surface area (Å²) in [5, 5.41) is 10.4. The molecule has 0 unspecified atom stereocenters. The maximum absolute atomic E-state index is 13.0. The van der Waals surface area contributed by atoms with Crippen LogP contribution in [0.15, 0.2) is 47.6 Å². The van der Waals surface area contributed by atoms with Crippen LogP contribution in [-0.2, 0) is 11.3 Å². The lowest BCUT2D eigenvalue weighted by Gasteiger charge is -2.17. The minimum atomic E-state index is -0.543. The fourth-order valence-electron chi connectivity index (χ4n) is 3.39. The van der Waals surface area contributed by atoms with Gasteiger partial charge in [-0.05, 0) is 69.3 Å². The van der Waals surface area contributed by atoms with Gasteiger partial charge in [0.2, 0.25) is 0 Å². The van der Waals surface area contributed by atoms with E-state index in [1.54, 1.807) is 38.2 Å². The highest BCUT2D eigenvalue weighted by atomic mass is 19.1. The predicted molar refractivity (Wildman–Crippen MR) is 134 cm³/mol. The van der Waals surface area contributed by atoms with Crippen molar-refractivity contribution in [3.05, 3.63) is 65.0 Å². The van der Waals surface area contributed by atoms with Gasteiger partial charge in [-0.3, -0.25) is 5.01 Å². The Morgan fingerprint density at radius 1 is 1.09 bits per heavy atom. The van der Waals surface area contributed by atoms with Gasteiger partial charge in [-0.2, -0.15) is 5.10 Å². The number of halogens is 1. The maximum Gasteiger partial charge on any atom is 0.338 e. The van der Waals surface area contributed by atoms with Gasteiger partial charge in [0.05, 0.1) is 12.2 Å². The summed E-state index contributed by atoms with van der Waals surface area (Å²) in [6.07, 6.45) is 1.65. The van der Waals surface area contributed by atoms with Crippen molar-refractivity contribution in [1.82, 2.24) is 15.2 Å². The molecule has 190 valence electrons. The van der Waals surface area contributed by atoms with Crippen LogP contribution in [0.1, 0.15) is 41.3 Å². The molecule has 0 fully saturated rings. The average molecular weight is 488 g/mol. The first-order valence-electron chi connectivity index (χ1n) is 11.3. The van der Waals surface area contributed by atoms with Crippen molar-refractivity contribution >= 4 is 23.5 Å². The molecule has 2 aromatic carbocycles. The molecule has 2 aromatic rings. The molecule has 0 aliphatic rings. The van der Waals surface area contributed by atoms with Crippen molar-refractivity contribution in [2.24, 2.45) is 16.8 Å². The van der Waals surface area contributed by atoms with E-state index in [2.05, 4.69) is 20.6 Å². The van der Waals surface area contributed by atoms with E-state index in [0.717, 1.165) is 31.5 Å². The number of ether oxygens (including phenoxy) is 1. The Hall–Kier alpha value is -3.70. The number of nitrogens with one attached hydrogen (secondary N) is 2. The number of anilines is 1. The van der Waals surface area contributed by atoms with Crippen molar-refractivity contribution in [2.75, 3.05) is 39.1 Å². The monoisotopic (exact) mass is 487 g/mol. The summed E-state index contributed by atoms with van der Waals surface area (Å²) in [5.41, 5.74) is 2.08. The number of amides is 2. The van der Waals surface area contributed by atoms with Crippen LogP contribution in [0.5, 0.6) is 0 Å². The average Bonchev–Trinajstić information content (AvgIpc) is 2.80. The van der Waals surface area contributed by atoms with Crippen LogP contribution < -0.4 is 22.3 Å². The quantitative estimate of drug-likeness (QED) is 0.0954. The molecular weight excluding hydrogens is 453 g/mol. The smallest absolute Gasteiger partial charge is 0.338 e. The lowest BCUT2D eigenvalue weighted by molar-refractivity contribution is 0.0526. The summed E-state index contributed by atoms with van der Waals surface area (Å²) in [5.74, 6) is 10.6. The number of hydrazine groups is 1. The summed E-state index contributed by atoms with van der Waals surface area (Å²) in [7, 11) is 3.55. The van der Waals surface area contributed by atoms with Crippen molar-refractivity contribution in [2.45, 2.75) is 26.3 Å². The van der Waals surface area contributed by atoms with E-state index in [1.807, 2.05) is 7.05 Å². The summed E-state index contributed by atoms with van der Waals surface area (Å²) in [4.78, 5) is 26.8. The van der Waals surface area contributed by atoms with Gasteiger partial charge in [0, 0.05) is 31.4 Å². The molecule has 35 heavy (non-hydrogen) atoms. The second-order valence-electron chi connectivity index (χ2n) is 8.04. The standard InChI is InChI=1S/C24H34FN7O3/c1-4-35-23(33)19-13-18(22(30-26)32(3)27)14-21(15-19)29-24(34)28-11-5-6-12-31(2)16-17-7-9-20(25)10-8-17/h7-10,13-15H,4-6,11-12,16,26-27H2,1-3H3,(H2,28,29,34)/b30-22-. The van der Waals surface area contributed by atoms with E-state index < -0.39 is 12.0 Å². The second kappa shape index (κ2) is 13.9. The molecule has 0 aromatic heterocycles. The van der Waals surface area contributed by atoms with Crippen molar-refractivity contribution in [3.63, 3.8) is 0 Å². The predicted octanol–water partition coefficient (Wildman–Crippen LogP) is 2.46. The van der Waals surface area contributed by atoms with Gasteiger partial charge in [0.25, 0.3) is 0 Å². The summed E-state index contributed by atoms with van der Waals surface area (Å²) >= 11 is 0. The number of hydrazone groups is 1. The van der Waals surface area contributed by atoms with Crippen molar-refractivity contribution in [3.8, 4) is 0 Å². The Balaban J connectivity index is 1.87. The zero-order chi connectivity index (χ0) is 25.8. The van der Waals surface area contributed by atoms with E-state index in [4.69, 9.17) is 16.4 Å². The Labute approximate surface area is 205 Å². The fraction of sp³-hybridized carbons (Fsp3) is 0.375. The van der Waals surface area contributed by atoms with Crippen molar-refractivity contribution in [1.29, 1.82) is 0 Å². The van der Waals surface area contributed by atoms with Crippen LogP contribution in [0.4, 0.5) is 14.9 Å². The van der Waals surface area contributed by atoms with Crippen LogP contribution in [0.2, 0.25) is 0 Å². The zero-order valence-electron chi connectivity index (χ0n) is 20.4. The number of amidine groups is 1. The molecule has 0 spiro atoms. The number of nitrogens with two attached hydrogens (primary N) is 2. The first-order chi connectivity index (χ1) is 16.7. The summed E-state index contributed by atoms with van der Waals surface area (Å²) in [6.45, 7) is 3.94. The van der Waals surface area contributed by atoms with Crippen molar-refractivity contribution < 1.29 is 18.7 Å².